The minimum Gasteiger partial charge on any atom is -0.397 e. The molecular weight excluding hydrogens is 216 g/mol. The van der Waals surface area contributed by atoms with Crippen molar-refractivity contribution in [1.29, 1.82) is 0 Å². The topological polar surface area (TPSA) is 18.5 Å². The minimum atomic E-state index is -2.21. The third-order valence-corrected chi connectivity index (χ3v) is 6.94. The van der Waals surface area contributed by atoms with Crippen LogP contribution in [-0.2, 0) is 8.85 Å². The second kappa shape index (κ2) is 5.99. The molecule has 2 nitrogen and oxygen atoms in total. The summed E-state index contributed by atoms with van der Waals surface area (Å²) in [5.41, 5.74) is 1.39. The van der Waals surface area contributed by atoms with Crippen LogP contribution in [-0.4, -0.2) is 22.8 Å². The molecule has 0 saturated heterocycles. The summed E-state index contributed by atoms with van der Waals surface area (Å²) in [4.78, 5) is 0. The second-order valence-electron chi connectivity index (χ2n) is 3.70. The molecule has 16 heavy (non-hydrogen) atoms. The Kier molecular flexibility index (Phi) is 4.93. The lowest BCUT2D eigenvalue weighted by Crippen LogP contribution is -2.45. The van der Waals surface area contributed by atoms with E-state index >= 15 is 0 Å². The Hall–Kier alpha value is -0.903. The van der Waals surface area contributed by atoms with Crippen LogP contribution in [0.15, 0.2) is 43.0 Å². The van der Waals surface area contributed by atoms with E-state index in [-0.39, 0.29) is 5.54 Å². The smallest absolute Gasteiger partial charge is 0.348 e. The van der Waals surface area contributed by atoms with Gasteiger partial charge in [-0.1, -0.05) is 43.3 Å². The third kappa shape index (κ3) is 2.43. The molecule has 0 amide bonds. The first-order valence-electron chi connectivity index (χ1n) is 5.52. The second-order valence-corrected chi connectivity index (χ2v) is 7.47. The molecule has 1 rings (SSSR count). The summed E-state index contributed by atoms with van der Waals surface area (Å²) in [6.07, 6.45) is 1.94. The van der Waals surface area contributed by atoms with Gasteiger partial charge in [-0.3, -0.25) is 0 Å². The first-order valence-corrected chi connectivity index (χ1v) is 7.62. The Labute approximate surface area is 99.2 Å². The van der Waals surface area contributed by atoms with Gasteiger partial charge in [0.05, 0.1) is 0 Å². The summed E-state index contributed by atoms with van der Waals surface area (Å²) in [5.74, 6) is 0. The Morgan fingerprint density at radius 3 is 2.19 bits per heavy atom. The van der Waals surface area contributed by atoms with Crippen molar-refractivity contribution in [2.45, 2.75) is 18.5 Å². The van der Waals surface area contributed by atoms with Gasteiger partial charge in [0.15, 0.2) is 0 Å². The van der Waals surface area contributed by atoms with Gasteiger partial charge in [0, 0.05) is 19.8 Å². The zero-order valence-corrected chi connectivity index (χ0v) is 11.3. The minimum absolute atomic E-state index is 0.175. The normalized spacial score (nSPS) is 13.4. The summed E-state index contributed by atoms with van der Waals surface area (Å²) in [7, 11) is 1.26. The highest BCUT2D eigenvalue weighted by molar-refractivity contribution is 6.69. The van der Waals surface area contributed by atoms with Crippen LogP contribution < -0.4 is 0 Å². The van der Waals surface area contributed by atoms with Crippen LogP contribution in [0.25, 0.3) is 0 Å². The average molecular weight is 236 g/mol. The molecule has 1 aromatic rings. The van der Waals surface area contributed by atoms with Gasteiger partial charge in [0.2, 0.25) is 0 Å². The van der Waals surface area contributed by atoms with Crippen molar-refractivity contribution in [3.63, 3.8) is 0 Å². The average Bonchev–Trinajstić information content (AvgIpc) is 2.37. The molecule has 0 aliphatic carbocycles. The Bertz CT molecular complexity index is 312. The Morgan fingerprint density at radius 2 is 1.81 bits per heavy atom. The maximum Gasteiger partial charge on any atom is 0.348 e. The van der Waals surface area contributed by atoms with Gasteiger partial charge in [0.1, 0.15) is 0 Å². The van der Waals surface area contributed by atoms with E-state index in [9.17, 15) is 0 Å². The fraction of sp³-hybridized carbons (Fsp3) is 0.385. The van der Waals surface area contributed by atoms with E-state index in [4.69, 9.17) is 8.85 Å². The largest absolute Gasteiger partial charge is 0.397 e. The van der Waals surface area contributed by atoms with Crippen LogP contribution in [0.1, 0.15) is 18.0 Å². The van der Waals surface area contributed by atoms with Crippen molar-refractivity contribution >= 4 is 8.56 Å². The molecule has 1 aromatic carbocycles. The summed E-state index contributed by atoms with van der Waals surface area (Å²) in [6, 6.07) is 11.2. The van der Waals surface area contributed by atoms with E-state index in [2.05, 4.69) is 25.6 Å². The molecule has 0 aliphatic heterocycles. The number of benzene rings is 1. The molecule has 0 bridgehead atoms. The first-order chi connectivity index (χ1) is 7.74. The van der Waals surface area contributed by atoms with E-state index in [1.54, 1.807) is 14.2 Å². The molecule has 88 valence electrons. The van der Waals surface area contributed by atoms with Gasteiger partial charge in [0.25, 0.3) is 0 Å². The van der Waals surface area contributed by atoms with Gasteiger partial charge < -0.3 is 8.85 Å². The van der Waals surface area contributed by atoms with Crippen LogP contribution in [0.5, 0.6) is 0 Å². The predicted octanol–water partition coefficient (Wildman–Crippen LogP) is 3.25. The standard InChI is InChI=1S/C13H20O2Si/c1-5-13(12-10-8-7-9-11-12)16(6-2,14-3)15-4/h5,7-11,13H,1,6H2,2-4H3. The molecular formula is C13H20O2Si. The van der Waals surface area contributed by atoms with E-state index in [1.165, 1.54) is 5.56 Å². The van der Waals surface area contributed by atoms with E-state index in [0.29, 0.717) is 0 Å². The van der Waals surface area contributed by atoms with Crippen LogP contribution in [0.4, 0.5) is 0 Å². The number of hydrogen-bond acceptors (Lipinski definition) is 2. The van der Waals surface area contributed by atoms with E-state index < -0.39 is 8.56 Å². The highest BCUT2D eigenvalue weighted by Gasteiger charge is 2.41. The predicted molar refractivity (Wildman–Crippen MR) is 69.6 cm³/mol. The lowest BCUT2D eigenvalue weighted by Gasteiger charge is -2.32. The molecule has 0 N–H and O–H groups in total. The van der Waals surface area contributed by atoms with Crippen LogP contribution >= 0.6 is 0 Å². The van der Waals surface area contributed by atoms with Crippen molar-refractivity contribution in [2.75, 3.05) is 14.2 Å². The molecule has 0 radical (unpaired) electrons. The number of hydrogen-bond donors (Lipinski definition) is 0. The fourth-order valence-electron chi connectivity index (χ4n) is 2.08. The van der Waals surface area contributed by atoms with E-state index in [0.717, 1.165) is 6.04 Å². The Balaban J connectivity index is 3.10. The van der Waals surface area contributed by atoms with Gasteiger partial charge in [-0.05, 0) is 11.6 Å². The maximum absolute atomic E-state index is 5.69. The summed E-state index contributed by atoms with van der Waals surface area (Å²) >= 11 is 0. The zero-order chi connectivity index (χ0) is 12.0. The fourth-order valence-corrected chi connectivity index (χ4v) is 4.83. The molecule has 1 unspecified atom stereocenters. The lowest BCUT2D eigenvalue weighted by molar-refractivity contribution is 0.237. The van der Waals surface area contributed by atoms with Gasteiger partial charge in [-0.15, -0.1) is 6.58 Å². The monoisotopic (exact) mass is 236 g/mol. The SMILES string of the molecule is C=CC(c1ccccc1)[Si](CC)(OC)OC. The quantitative estimate of drug-likeness (QED) is 0.557. The molecule has 0 aromatic heterocycles. The summed E-state index contributed by atoms with van der Waals surface area (Å²) < 4.78 is 11.4. The molecule has 0 saturated carbocycles. The van der Waals surface area contributed by atoms with Gasteiger partial charge >= 0.3 is 8.56 Å². The number of allylic oxidation sites excluding steroid dienone is 1. The third-order valence-electron chi connectivity index (χ3n) is 3.05. The maximum atomic E-state index is 5.69. The van der Waals surface area contributed by atoms with Crippen molar-refractivity contribution in [3.8, 4) is 0 Å². The zero-order valence-electron chi connectivity index (χ0n) is 10.3. The molecule has 3 heteroatoms. The van der Waals surface area contributed by atoms with Crippen molar-refractivity contribution in [1.82, 2.24) is 0 Å². The van der Waals surface area contributed by atoms with Crippen molar-refractivity contribution in [3.05, 3.63) is 48.6 Å². The summed E-state index contributed by atoms with van der Waals surface area (Å²) in [6.45, 7) is 6.03. The highest BCUT2D eigenvalue weighted by atomic mass is 28.4. The van der Waals surface area contributed by atoms with Crippen molar-refractivity contribution < 1.29 is 8.85 Å². The van der Waals surface area contributed by atoms with Crippen LogP contribution in [0, 0.1) is 0 Å². The van der Waals surface area contributed by atoms with Crippen LogP contribution in [0.3, 0.4) is 0 Å². The Morgan fingerprint density at radius 1 is 1.25 bits per heavy atom. The molecule has 0 heterocycles. The highest BCUT2D eigenvalue weighted by Crippen LogP contribution is 2.31. The van der Waals surface area contributed by atoms with Crippen molar-refractivity contribution in [2.24, 2.45) is 0 Å². The molecule has 1 atom stereocenters. The lowest BCUT2D eigenvalue weighted by atomic mass is 10.1. The first kappa shape index (κ1) is 13.2. The molecule has 0 aliphatic rings. The van der Waals surface area contributed by atoms with Gasteiger partial charge in [-0.25, -0.2) is 0 Å². The van der Waals surface area contributed by atoms with E-state index in [1.807, 2.05) is 24.3 Å². The molecule has 0 fully saturated rings. The van der Waals surface area contributed by atoms with Gasteiger partial charge in [-0.2, -0.15) is 0 Å². The summed E-state index contributed by atoms with van der Waals surface area (Å²) in [5, 5.41) is 0. The van der Waals surface area contributed by atoms with Crippen LogP contribution in [0.2, 0.25) is 6.04 Å². The number of rotatable bonds is 6. The molecule has 0 spiro atoms.